The van der Waals surface area contributed by atoms with Gasteiger partial charge in [0.05, 0.1) is 6.04 Å². The Morgan fingerprint density at radius 1 is 1.24 bits per heavy atom. The standard InChI is InChI=1S/C17H24ClNO2/c1-11-9-14-12(10-13(11)18)15(20)16(17(2,3)21-14)19-7-5-4-6-8-19/h9-10,15-16,20H,4-8H2,1-3H3. The van der Waals surface area contributed by atoms with Crippen molar-refractivity contribution < 1.29 is 9.84 Å². The molecule has 0 saturated carbocycles. The predicted octanol–water partition coefficient (Wildman–Crippen LogP) is 3.71. The van der Waals surface area contributed by atoms with Crippen molar-refractivity contribution in [1.29, 1.82) is 0 Å². The molecule has 0 aliphatic carbocycles. The monoisotopic (exact) mass is 309 g/mol. The molecule has 1 N–H and O–H groups in total. The van der Waals surface area contributed by atoms with Crippen molar-refractivity contribution in [2.45, 2.75) is 57.8 Å². The van der Waals surface area contributed by atoms with Gasteiger partial charge in [-0.1, -0.05) is 18.0 Å². The van der Waals surface area contributed by atoms with Gasteiger partial charge in [-0.2, -0.15) is 0 Å². The number of likely N-dealkylation sites (tertiary alicyclic amines) is 1. The molecule has 2 atom stereocenters. The maximum absolute atomic E-state index is 10.9. The maximum Gasteiger partial charge on any atom is 0.126 e. The number of ether oxygens (including phenoxy) is 1. The van der Waals surface area contributed by atoms with Crippen LogP contribution >= 0.6 is 11.6 Å². The van der Waals surface area contributed by atoms with Gasteiger partial charge in [0.15, 0.2) is 0 Å². The first kappa shape index (κ1) is 15.1. The molecule has 21 heavy (non-hydrogen) atoms. The molecule has 0 aromatic heterocycles. The van der Waals surface area contributed by atoms with E-state index in [0.717, 1.165) is 30.0 Å². The van der Waals surface area contributed by atoms with E-state index in [1.54, 1.807) is 0 Å². The fraction of sp³-hybridized carbons (Fsp3) is 0.647. The Kier molecular flexibility index (Phi) is 3.93. The minimum Gasteiger partial charge on any atom is -0.486 e. The van der Waals surface area contributed by atoms with E-state index in [1.165, 1.54) is 19.3 Å². The Labute approximate surface area is 131 Å². The first-order valence-corrected chi connectivity index (χ1v) is 8.19. The lowest BCUT2D eigenvalue weighted by Crippen LogP contribution is -2.59. The number of aliphatic hydroxyl groups is 1. The van der Waals surface area contributed by atoms with Gasteiger partial charge in [-0.15, -0.1) is 0 Å². The van der Waals surface area contributed by atoms with Crippen LogP contribution in [0.25, 0.3) is 0 Å². The number of rotatable bonds is 1. The zero-order valence-electron chi connectivity index (χ0n) is 13.0. The zero-order valence-corrected chi connectivity index (χ0v) is 13.8. The van der Waals surface area contributed by atoms with Gasteiger partial charge in [0.2, 0.25) is 0 Å². The quantitative estimate of drug-likeness (QED) is 0.858. The molecule has 1 fully saturated rings. The van der Waals surface area contributed by atoms with Crippen LogP contribution in [0, 0.1) is 6.92 Å². The summed E-state index contributed by atoms with van der Waals surface area (Å²) in [6.07, 6.45) is 3.11. The van der Waals surface area contributed by atoms with Crippen LogP contribution < -0.4 is 4.74 Å². The minimum absolute atomic E-state index is 0.0240. The molecule has 3 nitrogen and oxygen atoms in total. The molecule has 1 aromatic rings. The summed E-state index contributed by atoms with van der Waals surface area (Å²) in [4.78, 5) is 2.38. The molecule has 3 rings (SSSR count). The first-order valence-electron chi connectivity index (χ1n) is 7.81. The normalized spacial score (nSPS) is 28.8. The lowest BCUT2D eigenvalue weighted by Gasteiger charge is -2.49. The molecule has 1 saturated heterocycles. The second-order valence-electron chi connectivity index (χ2n) is 6.83. The van der Waals surface area contributed by atoms with Gasteiger partial charge in [-0.05, 0) is 64.4 Å². The largest absolute Gasteiger partial charge is 0.486 e. The fourth-order valence-electron chi connectivity index (χ4n) is 3.72. The summed E-state index contributed by atoms with van der Waals surface area (Å²) in [6.45, 7) is 8.17. The smallest absolute Gasteiger partial charge is 0.126 e. The number of halogens is 1. The molecular weight excluding hydrogens is 286 g/mol. The second kappa shape index (κ2) is 5.45. The number of hydrogen-bond donors (Lipinski definition) is 1. The van der Waals surface area contributed by atoms with Crippen LogP contribution in [0.15, 0.2) is 12.1 Å². The van der Waals surface area contributed by atoms with E-state index in [1.807, 2.05) is 19.1 Å². The molecule has 4 heteroatoms. The van der Waals surface area contributed by atoms with Gasteiger partial charge in [0.25, 0.3) is 0 Å². The Hall–Kier alpha value is -0.770. The van der Waals surface area contributed by atoms with Crippen molar-refractivity contribution in [3.8, 4) is 5.75 Å². The number of nitrogens with zero attached hydrogens (tertiary/aromatic N) is 1. The molecule has 2 aliphatic rings. The van der Waals surface area contributed by atoms with Gasteiger partial charge in [0, 0.05) is 10.6 Å². The number of benzene rings is 1. The Balaban J connectivity index is 1.99. The van der Waals surface area contributed by atoms with Gasteiger partial charge < -0.3 is 9.84 Å². The molecule has 0 radical (unpaired) electrons. The molecule has 1 aromatic carbocycles. The average Bonchev–Trinajstić information content (AvgIpc) is 2.42. The lowest BCUT2D eigenvalue weighted by atomic mass is 9.83. The highest BCUT2D eigenvalue weighted by atomic mass is 35.5. The van der Waals surface area contributed by atoms with Crippen molar-refractivity contribution in [3.63, 3.8) is 0 Å². The zero-order chi connectivity index (χ0) is 15.2. The molecule has 116 valence electrons. The number of piperidine rings is 1. The highest BCUT2D eigenvalue weighted by molar-refractivity contribution is 6.31. The molecule has 2 aliphatic heterocycles. The molecule has 0 spiro atoms. The maximum atomic E-state index is 10.9. The predicted molar refractivity (Wildman–Crippen MR) is 85.1 cm³/mol. The van der Waals surface area contributed by atoms with Crippen molar-refractivity contribution in [2.24, 2.45) is 0 Å². The Bertz CT molecular complexity index is 538. The number of aliphatic hydroxyl groups excluding tert-OH is 1. The van der Waals surface area contributed by atoms with E-state index < -0.39 is 11.7 Å². The van der Waals surface area contributed by atoms with Gasteiger partial charge in [0.1, 0.15) is 17.5 Å². The SMILES string of the molecule is Cc1cc2c(cc1Cl)C(O)C(N1CCCCC1)C(C)(C)O2. The second-order valence-corrected chi connectivity index (χ2v) is 7.24. The van der Waals surface area contributed by atoms with Gasteiger partial charge >= 0.3 is 0 Å². The van der Waals surface area contributed by atoms with E-state index in [0.29, 0.717) is 5.02 Å². The van der Waals surface area contributed by atoms with Gasteiger partial charge in [-0.25, -0.2) is 0 Å². The van der Waals surface area contributed by atoms with Crippen LogP contribution in [0.2, 0.25) is 5.02 Å². The van der Waals surface area contributed by atoms with Crippen LogP contribution in [-0.4, -0.2) is 34.7 Å². The lowest BCUT2D eigenvalue weighted by molar-refractivity contribution is -0.0873. The van der Waals surface area contributed by atoms with Crippen LogP contribution in [0.5, 0.6) is 5.75 Å². The highest BCUT2D eigenvalue weighted by Gasteiger charge is 2.46. The van der Waals surface area contributed by atoms with E-state index in [2.05, 4.69) is 18.7 Å². The van der Waals surface area contributed by atoms with Crippen molar-refractivity contribution in [2.75, 3.05) is 13.1 Å². The highest BCUT2D eigenvalue weighted by Crippen LogP contribution is 2.44. The summed E-state index contributed by atoms with van der Waals surface area (Å²) in [7, 11) is 0. The molecule has 2 unspecified atom stereocenters. The summed E-state index contributed by atoms with van der Waals surface area (Å²) in [6, 6.07) is 3.78. The van der Waals surface area contributed by atoms with Crippen LogP contribution in [0.1, 0.15) is 50.3 Å². The minimum atomic E-state index is -0.556. The summed E-state index contributed by atoms with van der Waals surface area (Å²) in [5.74, 6) is 0.766. The summed E-state index contributed by atoms with van der Waals surface area (Å²) >= 11 is 6.24. The van der Waals surface area contributed by atoms with E-state index >= 15 is 0 Å². The Morgan fingerprint density at radius 3 is 2.57 bits per heavy atom. The number of fused-ring (bicyclic) bond motifs is 1. The van der Waals surface area contributed by atoms with Gasteiger partial charge in [-0.3, -0.25) is 4.90 Å². The third-order valence-electron chi connectivity index (χ3n) is 4.78. The Morgan fingerprint density at radius 2 is 1.90 bits per heavy atom. The van der Waals surface area contributed by atoms with E-state index in [4.69, 9.17) is 16.3 Å². The third-order valence-corrected chi connectivity index (χ3v) is 5.19. The molecule has 0 amide bonds. The first-order chi connectivity index (χ1) is 9.90. The van der Waals surface area contributed by atoms with E-state index in [9.17, 15) is 5.11 Å². The third kappa shape index (κ3) is 2.67. The molecule has 0 bridgehead atoms. The topological polar surface area (TPSA) is 32.7 Å². The van der Waals surface area contributed by atoms with Crippen LogP contribution in [-0.2, 0) is 0 Å². The van der Waals surface area contributed by atoms with Crippen LogP contribution in [0.3, 0.4) is 0 Å². The van der Waals surface area contributed by atoms with Crippen molar-refractivity contribution in [3.05, 3.63) is 28.3 Å². The van der Waals surface area contributed by atoms with E-state index in [-0.39, 0.29) is 6.04 Å². The van der Waals surface area contributed by atoms with Crippen LogP contribution in [0.4, 0.5) is 0 Å². The van der Waals surface area contributed by atoms with Crippen molar-refractivity contribution in [1.82, 2.24) is 4.90 Å². The number of aryl methyl sites for hydroxylation is 1. The summed E-state index contributed by atoms with van der Waals surface area (Å²) < 4.78 is 6.23. The molecule has 2 heterocycles. The van der Waals surface area contributed by atoms with Crippen molar-refractivity contribution >= 4 is 11.6 Å². The average molecular weight is 310 g/mol. The summed E-state index contributed by atoms with van der Waals surface area (Å²) in [5, 5.41) is 11.6. The molecular formula is C17H24ClNO2. The summed E-state index contributed by atoms with van der Waals surface area (Å²) in [5.41, 5.74) is 1.39. The fourth-order valence-corrected chi connectivity index (χ4v) is 3.89. The number of hydrogen-bond acceptors (Lipinski definition) is 3.